The molecule has 0 aliphatic rings. The van der Waals surface area contributed by atoms with Crippen LogP contribution < -0.4 is 0 Å². The van der Waals surface area contributed by atoms with E-state index in [9.17, 15) is 4.79 Å². The first-order chi connectivity index (χ1) is 9.30. The summed E-state index contributed by atoms with van der Waals surface area (Å²) in [5, 5.41) is 0. The molecule has 0 spiro atoms. The van der Waals surface area contributed by atoms with Gasteiger partial charge >= 0.3 is 0 Å². The molecule has 0 saturated carbocycles. The lowest BCUT2D eigenvalue weighted by Gasteiger charge is -2.20. The minimum absolute atomic E-state index is 0.765. The summed E-state index contributed by atoms with van der Waals surface area (Å²) in [5.74, 6) is 0. The minimum atomic E-state index is 0.765. The number of carbonyl (C=O) groups excluding carboxylic acids is 1. The van der Waals surface area contributed by atoms with Crippen LogP contribution in [0.4, 0.5) is 0 Å². The summed E-state index contributed by atoms with van der Waals surface area (Å²) in [5.41, 5.74) is 2.10. The van der Waals surface area contributed by atoms with Gasteiger partial charge in [0.2, 0.25) is 0 Å². The van der Waals surface area contributed by atoms with Crippen molar-refractivity contribution in [1.82, 2.24) is 4.90 Å². The van der Waals surface area contributed by atoms with E-state index in [1.54, 1.807) is 0 Å². The van der Waals surface area contributed by atoms with E-state index in [1.807, 2.05) is 12.1 Å². The summed E-state index contributed by atoms with van der Waals surface area (Å²) in [7, 11) is 0. The van der Waals surface area contributed by atoms with Crippen molar-refractivity contribution in [3.05, 3.63) is 35.4 Å². The van der Waals surface area contributed by atoms with Crippen molar-refractivity contribution < 1.29 is 4.79 Å². The molecule has 0 aromatic heterocycles. The van der Waals surface area contributed by atoms with Gasteiger partial charge in [0.05, 0.1) is 0 Å². The van der Waals surface area contributed by atoms with Crippen LogP contribution >= 0.6 is 0 Å². The summed E-state index contributed by atoms with van der Waals surface area (Å²) in [4.78, 5) is 13.1. The molecule has 0 aliphatic heterocycles. The van der Waals surface area contributed by atoms with Crippen LogP contribution in [0.5, 0.6) is 0 Å². The van der Waals surface area contributed by atoms with Gasteiger partial charge in [-0.2, -0.15) is 0 Å². The van der Waals surface area contributed by atoms with Crippen molar-refractivity contribution in [2.45, 2.75) is 46.0 Å². The fourth-order valence-corrected chi connectivity index (χ4v) is 2.40. The van der Waals surface area contributed by atoms with E-state index in [4.69, 9.17) is 0 Å². The predicted octanol–water partition coefficient (Wildman–Crippen LogP) is 3.94. The molecule has 0 bridgehead atoms. The first kappa shape index (κ1) is 15.9. The zero-order valence-corrected chi connectivity index (χ0v) is 12.4. The third kappa shape index (κ3) is 6.53. The predicted molar refractivity (Wildman–Crippen MR) is 81.8 cm³/mol. The number of rotatable bonds is 10. The molecule has 0 fully saturated rings. The second-order valence-corrected chi connectivity index (χ2v) is 5.16. The molecule has 0 radical (unpaired) electrons. The van der Waals surface area contributed by atoms with Gasteiger partial charge < -0.3 is 4.90 Å². The summed E-state index contributed by atoms with van der Waals surface area (Å²) in [6.07, 6.45) is 6.99. The molecular weight excluding hydrogens is 234 g/mol. The van der Waals surface area contributed by atoms with Crippen molar-refractivity contribution >= 4 is 6.29 Å². The van der Waals surface area contributed by atoms with Crippen molar-refractivity contribution in [3.63, 3.8) is 0 Å². The third-order valence-electron chi connectivity index (χ3n) is 3.39. The molecule has 0 aliphatic carbocycles. The molecule has 0 saturated heterocycles. The molecule has 19 heavy (non-hydrogen) atoms. The number of nitrogens with zero attached hydrogens (tertiary/aromatic N) is 1. The van der Waals surface area contributed by atoms with Gasteiger partial charge in [-0.1, -0.05) is 38.1 Å². The number of aryl methyl sites for hydroxylation is 1. The number of hydrogen-bond donors (Lipinski definition) is 0. The van der Waals surface area contributed by atoms with E-state index in [1.165, 1.54) is 50.9 Å². The molecule has 1 rings (SSSR count). The van der Waals surface area contributed by atoms with E-state index in [2.05, 4.69) is 30.9 Å². The smallest absolute Gasteiger partial charge is 0.150 e. The van der Waals surface area contributed by atoms with Gasteiger partial charge in [0.1, 0.15) is 6.29 Å². The van der Waals surface area contributed by atoms with Crippen LogP contribution in [-0.2, 0) is 6.42 Å². The molecule has 0 atom stereocenters. The van der Waals surface area contributed by atoms with Crippen molar-refractivity contribution in [3.8, 4) is 0 Å². The molecule has 1 aromatic carbocycles. The zero-order chi connectivity index (χ0) is 13.9. The summed E-state index contributed by atoms with van der Waals surface area (Å²) in [6, 6.07) is 7.95. The number of hydrogen-bond acceptors (Lipinski definition) is 2. The summed E-state index contributed by atoms with van der Waals surface area (Å²) >= 11 is 0. The molecule has 2 heteroatoms. The monoisotopic (exact) mass is 261 g/mol. The number of aldehydes is 1. The average molecular weight is 261 g/mol. The van der Waals surface area contributed by atoms with Crippen LogP contribution in [0.2, 0.25) is 0 Å². The topological polar surface area (TPSA) is 20.3 Å². The highest BCUT2D eigenvalue weighted by Crippen LogP contribution is 2.08. The Kier molecular flexibility index (Phi) is 8.15. The fraction of sp³-hybridized carbons (Fsp3) is 0.588. The molecule has 106 valence electrons. The largest absolute Gasteiger partial charge is 0.303 e. The van der Waals surface area contributed by atoms with E-state index in [-0.39, 0.29) is 0 Å². The molecule has 0 unspecified atom stereocenters. The average Bonchev–Trinajstić information content (AvgIpc) is 2.44. The van der Waals surface area contributed by atoms with Crippen LogP contribution in [0, 0.1) is 0 Å². The van der Waals surface area contributed by atoms with E-state index in [0.717, 1.165) is 18.3 Å². The van der Waals surface area contributed by atoms with Crippen LogP contribution in [0.3, 0.4) is 0 Å². The van der Waals surface area contributed by atoms with Gasteiger partial charge in [0.15, 0.2) is 0 Å². The summed E-state index contributed by atoms with van der Waals surface area (Å²) in [6.45, 7) is 8.16. The van der Waals surface area contributed by atoms with Gasteiger partial charge in [0, 0.05) is 5.56 Å². The first-order valence-electron chi connectivity index (χ1n) is 7.56. The number of benzene rings is 1. The van der Waals surface area contributed by atoms with Crippen molar-refractivity contribution in [1.29, 1.82) is 0 Å². The Balaban J connectivity index is 2.23. The van der Waals surface area contributed by atoms with E-state index in [0.29, 0.717) is 0 Å². The highest BCUT2D eigenvalue weighted by atomic mass is 16.1. The van der Waals surface area contributed by atoms with Gasteiger partial charge in [-0.05, 0) is 57.3 Å². The van der Waals surface area contributed by atoms with Gasteiger partial charge in [-0.15, -0.1) is 0 Å². The lowest BCUT2D eigenvalue weighted by Crippen LogP contribution is -2.26. The van der Waals surface area contributed by atoms with Crippen LogP contribution in [0.15, 0.2) is 24.3 Å². The van der Waals surface area contributed by atoms with Crippen molar-refractivity contribution in [2.24, 2.45) is 0 Å². The summed E-state index contributed by atoms with van der Waals surface area (Å²) < 4.78 is 0. The van der Waals surface area contributed by atoms with Crippen LogP contribution in [0.1, 0.15) is 55.5 Å². The Labute approximate surface area is 117 Å². The third-order valence-corrected chi connectivity index (χ3v) is 3.39. The first-order valence-corrected chi connectivity index (χ1v) is 7.56. The second-order valence-electron chi connectivity index (χ2n) is 5.16. The lowest BCUT2D eigenvalue weighted by molar-refractivity contribution is 0.112. The second kappa shape index (κ2) is 9.74. The van der Waals surface area contributed by atoms with Crippen LogP contribution in [0.25, 0.3) is 0 Å². The highest BCUT2D eigenvalue weighted by Gasteiger charge is 2.02. The number of unbranched alkanes of at least 4 members (excludes halogenated alkanes) is 1. The molecule has 1 aromatic rings. The SMILES string of the molecule is CCCN(CCC)CCCCc1ccc(C=O)cc1. The van der Waals surface area contributed by atoms with E-state index < -0.39 is 0 Å². The Morgan fingerprint density at radius 3 is 2.11 bits per heavy atom. The zero-order valence-electron chi connectivity index (χ0n) is 12.4. The standard InChI is InChI=1S/C17H27NO/c1-3-12-18(13-4-2)14-6-5-7-16-8-10-17(15-19)11-9-16/h8-11,15H,3-7,12-14H2,1-2H3. The Morgan fingerprint density at radius 2 is 1.58 bits per heavy atom. The van der Waals surface area contributed by atoms with Crippen molar-refractivity contribution in [2.75, 3.05) is 19.6 Å². The van der Waals surface area contributed by atoms with Gasteiger partial charge in [0.25, 0.3) is 0 Å². The van der Waals surface area contributed by atoms with Crippen LogP contribution in [-0.4, -0.2) is 30.8 Å². The number of carbonyl (C=O) groups is 1. The molecular formula is C17H27NO. The maximum absolute atomic E-state index is 10.6. The minimum Gasteiger partial charge on any atom is -0.303 e. The quantitative estimate of drug-likeness (QED) is 0.469. The Bertz CT molecular complexity index is 339. The fourth-order valence-electron chi connectivity index (χ4n) is 2.40. The highest BCUT2D eigenvalue weighted by molar-refractivity contribution is 5.74. The lowest BCUT2D eigenvalue weighted by atomic mass is 10.1. The molecule has 2 nitrogen and oxygen atoms in total. The Hall–Kier alpha value is -1.15. The molecule has 0 heterocycles. The molecule has 0 amide bonds. The van der Waals surface area contributed by atoms with Gasteiger partial charge in [-0.3, -0.25) is 4.79 Å². The normalized spacial score (nSPS) is 10.9. The van der Waals surface area contributed by atoms with Gasteiger partial charge in [-0.25, -0.2) is 0 Å². The maximum Gasteiger partial charge on any atom is 0.150 e. The Morgan fingerprint density at radius 1 is 0.947 bits per heavy atom. The maximum atomic E-state index is 10.6. The molecule has 0 N–H and O–H groups in total. The van der Waals surface area contributed by atoms with E-state index >= 15 is 0 Å².